The molecule has 90 valence electrons. The van der Waals surface area contributed by atoms with Crippen LogP contribution in [0.1, 0.15) is 19.3 Å². The molecular weight excluding hydrogens is 227 g/mol. The van der Waals surface area contributed by atoms with Crippen molar-refractivity contribution < 1.29 is 27.9 Å². The lowest BCUT2D eigenvalue weighted by molar-refractivity contribution is -0.193. The molecule has 0 spiro atoms. The molecule has 0 radical (unpaired) electrons. The van der Waals surface area contributed by atoms with Gasteiger partial charge in [0.25, 0.3) is 0 Å². The van der Waals surface area contributed by atoms with E-state index in [0.29, 0.717) is 11.3 Å². The molecule has 0 aromatic heterocycles. The Kier molecular flexibility index (Phi) is 2.18. The van der Waals surface area contributed by atoms with Gasteiger partial charge in [-0.25, -0.2) is 4.79 Å². The predicted molar refractivity (Wildman–Crippen MR) is 45.5 cm³/mol. The van der Waals surface area contributed by atoms with Crippen molar-refractivity contribution in [1.29, 1.82) is 0 Å². The summed E-state index contributed by atoms with van der Waals surface area (Å²) in [7, 11) is 0. The minimum atomic E-state index is -4.99. The van der Waals surface area contributed by atoms with E-state index >= 15 is 0 Å². The average molecular weight is 237 g/mol. The lowest BCUT2D eigenvalue weighted by atomic mass is 9.97. The third kappa shape index (κ3) is 1.37. The number of rotatable bonds is 1. The van der Waals surface area contributed by atoms with Gasteiger partial charge in [-0.05, 0) is 25.2 Å². The normalized spacial score (nSPS) is 33.2. The first-order valence-corrected chi connectivity index (χ1v) is 4.89. The maximum atomic E-state index is 12.3. The zero-order chi connectivity index (χ0) is 12.1. The molecule has 1 saturated heterocycles. The SMILES string of the molecule is O=C(N1CC2CCC1(C(=O)O)C2)C(F)(F)F. The van der Waals surface area contributed by atoms with Gasteiger partial charge < -0.3 is 10.0 Å². The molecule has 0 aromatic rings. The number of carboxylic acid groups (broad SMARTS) is 1. The summed E-state index contributed by atoms with van der Waals surface area (Å²) in [6.07, 6.45) is -4.15. The van der Waals surface area contributed by atoms with Gasteiger partial charge in [0.15, 0.2) is 0 Å². The lowest BCUT2D eigenvalue weighted by Crippen LogP contribution is -2.56. The van der Waals surface area contributed by atoms with E-state index in [2.05, 4.69) is 0 Å². The number of alkyl halides is 3. The van der Waals surface area contributed by atoms with Crippen molar-refractivity contribution in [3.05, 3.63) is 0 Å². The highest BCUT2D eigenvalue weighted by molar-refractivity contribution is 5.90. The molecule has 1 aliphatic carbocycles. The molecule has 0 aromatic carbocycles. The van der Waals surface area contributed by atoms with Gasteiger partial charge in [-0.3, -0.25) is 4.79 Å². The fraction of sp³-hybridized carbons (Fsp3) is 0.778. The van der Waals surface area contributed by atoms with Crippen molar-refractivity contribution in [2.75, 3.05) is 6.54 Å². The van der Waals surface area contributed by atoms with Crippen LogP contribution < -0.4 is 0 Å². The number of likely N-dealkylation sites (tertiary alicyclic amines) is 1. The van der Waals surface area contributed by atoms with Crippen molar-refractivity contribution >= 4 is 11.9 Å². The van der Waals surface area contributed by atoms with E-state index < -0.39 is 23.6 Å². The molecule has 4 nitrogen and oxygen atoms in total. The van der Waals surface area contributed by atoms with Crippen molar-refractivity contribution in [1.82, 2.24) is 4.90 Å². The predicted octanol–water partition coefficient (Wildman–Crippen LogP) is 1.01. The van der Waals surface area contributed by atoms with Crippen LogP contribution in [0.15, 0.2) is 0 Å². The van der Waals surface area contributed by atoms with Crippen LogP contribution in [0.4, 0.5) is 13.2 Å². The number of hydrogen-bond acceptors (Lipinski definition) is 2. The molecule has 2 fully saturated rings. The van der Waals surface area contributed by atoms with E-state index in [4.69, 9.17) is 5.11 Å². The van der Waals surface area contributed by atoms with Crippen LogP contribution in [0.2, 0.25) is 0 Å². The summed E-state index contributed by atoms with van der Waals surface area (Å²) in [5.74, 6) is -3.47. The second-order valence-corrected chi connectivity index (χ2v) is 4.36. The molecule has 16 heavy (non-hydrogen) atoms. The minimum absolute atomic E-state index is 0.0926. The number of piperidine rings is 1. The Bertz CT molecular complexity index is 354. The molecule has 2 bridgehead atoms. The van der Waals surface area contributed by atoms with Crippen molar-refractivity contribution in [3.63, 3.8) is 0 Å². The molecular formula is C9H10F3NO3. The van der Waals surface area contributed by atoms with Crippen LogP contribution in [0, 0.1) is 5.92 Å². The van der Waals surface area contributed by atoms with E-state index in [0.717, 1.165) is 0 Å². The Labute approximate surface area is 89.0 Å². The number of amides is 1. The van der Waals surface area contributed by atoms with Gasteiger partial charge in [-0.1, -0.05) is 0 Å². The quantitative estimate of drug-likeness (QED) is 0.740. The largest absolute Gasteiger partial charge is 0.479 e. The summed E-state index contributed by atoms with van der Waals surface area (Å²) >= 11 is 0. The number of nitrogens with zero attached hydrogens (tertiary/aromatic N) is 1. The second kappa shape index (κ2) is 3.11. The van der Waals surface area contributed by atoms with Crippen LogP contribution in [0.25, 0.3) is 0 Å². The molecule has 2 atom stereocenters. The molecule has 2 unspecified atom stereocenters. The van der Waals surface area contributed by atoms with Crippen molar-refractivity contribution in [3.8, 4) is 0 Å². The highest BCUT2D eigenvalue weighted by Crippen LogP contribution is 2.47. The third-order valence-corrected chi connectivity index (χ3v) is 3.44. The third-order valence-electron chi connectivity index (χ3n) is 3.44. The number of carbonyl (C=O) groups excluding carboxylic acids is 1. The van der Waals surface area contributed by atoms with Gasteiger partial charge in [0, 0.05) is 6.54 Å². The Balaban J connectivity index is 2.30. The Morgan fingerprint density at radius 1 is 1.38 bits per heavy atom. The van der Waals surface area contributed by atoms with Crippen LogP contribution in [0.5, 0.6) is 0 Å². The topological polar surface area (TPSA) is 57.6 Å². The number of hydrogen-bond donors (Lipinski definition) is 1. The van der Waals surface area contributed by atoms with Crippen molar-refractivity contribution in [2.24, 2.45) is 5.92 Å². The van der Waals surface area contributed by atoms with Gasteiger partial charge in [0.05, 0.1) is 0 Å². The summed E-state index contributed by atoms with van der Waals surface area (Å²) < 4.78 is 36.8. The number of carboxylic acids is 1. The van der Waals surface area contributed by atoms with Crippen LogP contribution in [-0.4, -0.2) is 40.1 Å². The smallest absolute Gasteiger partial charge is 0.471 e. The van der Waals surface area contributed by atoms with Crippen LogP contribution in [-0.2, 0) is 9.59 Å². The van der Waals surface area contributed by atoms with Gasteiger partial charge in [0.1, 0.15) is 5.54 Å². The highest BCUT2D eigenvalue weighted by Gasteiger charge is 2.61. The van der Waals surface area contributed by atoms with E-state index in [1.54, 1.807) is 0 Å². The number of fused-ring (bicyclic) bond motifs is 2. The van der Waals surface area contributed by atoms with E-state index in [1.165, 1.54) is 0 Å². The summed E-state index contributed by atoms with van der Waals surface area (Å²) in [5, 5.41) is 9.01. The van der Waals surface area contributed by atoms with E-state index in [-0.39, 0.29) is 25.3 Å². The maximum Gasteiger partial charge on any atom is 0.471 e. The van der Waals surface area contributed by atoms with Crippen LogP contribution in [0.3, 0.4) is 0 Å². The van der Waals surface area contributed by atoms with Gasteiger partial charge in [-0.15, -0.1) is 0 Å². The Morgan fingerprint density at radius 2 is 2.00 bits per heavy atom. The first-order valence-electron chi connectivity index (χ1n) is 4.89. The standard InChI is InChI=1S/C9H10F3NO3/c10-9(11,12)6(14)13-4-5-1-2-8(13,3-5)7(15)16/h5H,1-4H2,(H,15,16). The lowest BCUT2D eigenvalue weighted by Gasteiger charge is -2.35. The number of halogens is 3. The molecule has 1 saturated carbocycles. The molecule has 2 aliphatic rings. The first kappa shape index (κ1) is 11.2. The average Bonchev–Trinajstić information content (AvgIpc) is 2.72. The minimum Gasteiger partial charge on any atom is -0.479 e. The highest BCUT2D eigenvalue weighted by atomic mass is 19.4. The summed E-state index contributed by atoms with van der Waals surface area (Å²) in [6, 6.07) is 0. The monoisotopic (exact) mass is 237 g/mol. The Morgan fingerprint density at radius 3 is 2.44 bits per heavy atom. The van der Waals surface area contributed by atoms with Gasteiger partial charge in [0.2, 0.25) is 0 Å². The molecule has 7 heteroatoms. The molecule has 2 rings (SSSR count). The van der Waals surface area contributed by atoms with Gasteiger partial charge >= 0.3 is 18.1 Å². The summed E-state index contributed by atoms with van der Waals surface area (Å²) in [4.78, 5) is 22.7. The second-order valence-electron chi connectivity index (χ2n) is 4.36. The molecule has 1 heterocycles. The molecule has 1 aliphatic heterocycles. The fourth-order valence-electron chi connectivity index (χ4n) is 2.70. The van der Waals surface area contributed by atoms with Crippen LogP contribution >= 0.6 is 0 Å². The first-order chi connectivity index (χ1) is 7.27. The maximum absolute atomic E-state index is 12.3. The van der Waals surface area contributed by atoms with E-state index in [1.807, 2.05) is 0 Å². The summed E-state index contributed by atoms with van der Waals surface area (Å²) in [5.41, 5.74) is -1.61. The van der Waals surface area contributed by atoms with Gasteiger partial charge in [-0.2, -0.15) is 13.2 Å². The Hall–Kier alpha value is -1.27. The van der Waals surface area contributed by atoms with E-state index in [9.17, 15) is 22.8 Å². The zero-order valence-corrected chi connectivity index (χ0v) is 8.25. The summed E-state index contributed by atoms with van der Waals surface area (Å²) in [6.45, 7) is -0.0926. The molecule has 1 amide bonds. The van der Waals surface area contributed by atoms with Crippen molar-refractivity contribution in [2.45, 2.75) is 31.0 Å². The number of aliphatic carboxylic acids is 1. The zero-order valence-electron chi connectivity index (χ0n) is 8.25. The fourth-order valence-corrected chi connectivity index (χ4v) is 2.70. The number of carbonyl (C=O) groups is 2. The molecule has 1 N–H and O–H groups in total.